The third-order valence-electron chi connectivity index (χ3n) is 3.87. The van der Waals surface area contributed by atoms with Gasteiger partial charge in [0.05, 0.1) is 4.90 Å². The van der Waals surface area contributed by atoms with E-state index in [-0.39, 0.29) is 0 Å². The van der Waals surface area contributed by atoms with E-state index < -0.39 is 10.0 Å². The fourth-order valence-electron chi connectivity index (χ4n) is 2.46. The molecule has 1 aromatic rings. The van der Waals surface area contributed by atoms with Gasteiger partial charge in [-0.25, -0.2) is 8.42 Å². The smallest absolute Gasteiger partial charge is 0.243 e. The molecule has 0 aliphatic carbocycles. The standard InChI is InChI=1S/C14H23N3O2S/c1-12-4-3-5-14(10-12)20(18,19)17-8-6-16(7-9-17)13(2)11-15/h3-5,10,13H,6-9,11,15H2,1-2H3. The van der Waals surface area contributed by atoms with Crippen molar-refractivity contribution < 1.29 is 8.42 Å². The molecule has 1 unspecified atom stereocenters. The van der Waals surface area contributed by atoms with Gasteiger partial charge in [-0.2, -0.15) is 4.31 Å². The Labute approximate surface area is 121 Å². The Morgan fingerprint density at radius 1 is 1.25 bits per heavy atom. The quantitative estimate of drug-likeness (QED) is 0.886. The van der Waals surface area contributed by atoms with E-state index in [1.165, 1.54) is 0 Å². The zero-order valence-electron chi connectivity index (χ0n) is 12.1. The predicted molar refractivity (Wildman–Crippen MR) is 80.0 cm³/mol. The summed E-state index contributed by atoms with van der Waals surface area (Å²) in [7, 11) is -3.36. The monoisotopic (exact) mass is 297 g/mol. The summed E-state index contributed by atoms with van der Waals surface area (Å²) in [5.41, 5.74) is 6.62. The van der Waals surface area contributed by atoms with Crippen LogP contribution in [0.2, 0.25) is 0 Å². The van der Waals surface area contributed by atoms with Crippen molar-refractivity contribution in [2.24, 2.45) is 5.73 Å². The fraction of sp³-hybridized carbons (Fsp3) is 0.571. The molecular weight excluding hydrogens is 274 g/mol. The largest absolute Gasteiger partial charge is 0.329 e. The Hall–Kier alpha value is -0.950. The van der Waals surface area contributed by atoms with Gasteiger partial charge in [0.1, 0.15) is 0 Å². The van der Waals surface area contributed by atoms with Crippen molar-refractivity contribution in [3.05, 3.63) is 29.8 Å². The molecule has 0 saturated carbocycles. The molecule has 1 atom stereocenters. The Morgan fingerprint density at radius 3 is 2.45 bits per heavy atom. The van der Waals surface area contributed by atoms with E-state index in [0.29, 0.717) is 30.6 Å². The van der Waals surface area contributed by atoms with Crippen LogP contribution in [0.1, 0.15) is 12.5 Å². The van der Waals surface area contributed by atoms with Gasteiger partial charge in [0.25, 0.3) is 0 Å². The molecule has 0 spiro atoms. The lowest BCUT2D eigenvalue weighted by atomic mass is 10.2. The van der Waals surface area contributed by atoms with Crippen LogP contribution in [0, 0.1) is 6.92 Å². The molecule has 0 bridgehead atoms. The molecule has 0 radical (unpaired) electrons. The summed E-state index contributed by atoms with van der Waals surface area (Å²) >= 11 is 0. The van der Waals surface area contributed by atoms with Crippen LogP contribution in [0.3, 0.4) is 0 Å². The van der Waals surface area contributed by atoms with Gasteiger partial charge in [-0.1, -0.05) is 12.1 Å². The summed E-state index contributed by atoms with van der Waals surface area (Å²) in [6, 6.07) is 7.38. The van der Waals surface area contributed by atoms with Gasteiger partial charge in [0, 0.05) is 38.8 Å². The zero-order chi connectivity index (χ0) is 14.8. The minimum atomic E-state index is -3.36. The highest BCUT2D eigenvalue weighted by atomic mass is 32.2. The van der Waals surface area contributed by atoms with Gasteiger partial charge in [-0.05, 0) is 31.5 Å². The maximum Gasteiger partial charge on any atom is 0.243 e. The Kier molecular flexibility index (Phi) is 4.80. The summed E-state index contributed by atoms with van der Waals surface area (Å²) in [5, 5.41) is 0. The van der Waals surface area contributed by atoms with E-state index in [0.717, 1.165) is 18.7 Å². The second kappa shape index (κ2) is 6.22. The minimum absolute atomic E-state index is 0.304. The number of nitrogens with two attached hydrogens (primary N) is 1. The maximum atomic E-state index is 12.6. The molecule has 5 nitrogen and oxygen atoms in total. The Balaban J connectivity index is 2.10. The van der Waals surface area contributed by atoms with Crippen molar-refractivity contribution in [2.75, 3.05) is 32.7 Å². The average molecular weight is 297 g/mol. The molecule has 6 heteroatoms. The van der Waals surface area contributed by atoms with Crippen molar-refractivity contribution in [2.45, 2.75) is 24.8 Å². The molecule has 20 heavy (non-hydrogen) atoms. The van der Waals surface area contributed by atoms with Crippen LogP contribution < -0.4 is 5.73 Å². The highest BCUT2D eigenvalue weighted by Gasteiger charge is 2.29. The summed E-state index contributed by atoms with van der Waals surface area (Å²) in [6.45, 7) is 7.11. The van der Waals surface area contributed by atoms with Crippen LogP contribution in [0.15, 0.2) is 29.2 Å². The normalized spacial score (nSPS) is 19.9. The van der Waals surface area contributed by atoms with Crippen LogP contribution in [-0.2, 0) is 10.0 Å². The van der Waals surface area contributed by atoms with Crippen LogP contribution in [0.4, 0.5) is 0 Å². The lowest BCUT2D eigenvalue weighted by Gasteiger charge is -2.37. The number of nitrogens with zero attached hydrogens (tertiary/aromatic N) is 2. The number of hydrogen-bond acceptors (Lipinski definition) is 4. The fourth-order valence-corrected chi connectivity index (χ4v) is 3.99. The van der Waals surface area contributed by atoms with Gasteiger partial charge >= 0.3 is 0 Å². The minimum Gasteiger partial charge on any atom is -0.329 e. The van der Waals surface area contributed by atoms with Gasteiger partial charge in [0.2, 0.25) is 10.0 Å². The van der Waals surface area contributed by atoms with Crippen molar-refractivity contribution in [3.63, 3.8) is 0 Å². The molecule has 1 aromatic carbocycles. The lowest BCUT2D eigenvalue weighted by molar-refractivity contribution is 0.149. The zero-order valence-corrected chi connectivity index (χ0v) is 12.9. The first-order chi connectivity index (χ1) is 9.45. The predicted octanol–water partition coefficient (Wildman–Crippen LogP) is 0.649. The van der Waals surface area contributed by atoms with Gasteiger partial charge in [0.15, 0.2) is 0 Å². The third kappa shape index (κ3) is 3.20. The first-order valence-electron chi connectivity index (χ1n) is 6.96. The molecule has 1 heterocycles. The van der Waals surface area contributed by atoms with Crippen molar-refractivity contribution in [3.8, 4) is 0 Å². The number of piperazine rings is 1. The summed E-state index contributed by atoms with van der Waals surface area (Å²) in [4.78, 5) is 2.63. The number of benzene rings is 1. The molecule has 112 valence electrons. The van der Waals surface area contributed by atoms with Crippen molar-refractivity contribution in [1.82, 2.24) is 9.21 Å². The van der Waals surface area contributed by atoms with E-state index in [4.69, 9.17) is 5.73 Å². The van der Waals surface area contributed by atoms with E-state index in [1.54, 1.807) is 22.5 Å². The topological polar surface area (TPSA) is 66.6 Å². The summed E-state index contributed by atoms with van der Waals surface area (Å²) in [6.07, 6.45) is 0. The van der Waals surface area contributed by atoms with Gasteiger partial charge < -0.3 is 5.73 Å². The van der Waals surface area contributed by atoms with E-state index in [1.807, 2.05) is 13.0 Å². The molecule has 0 amide bonds. The first kappa shape index (κ1) is 15.4. The molecule has 1 aliphatic heterocycles. The molecule has 2 N–H and O–H groups in total. The van der Waals surface area contributed by atoms with Gasteiger partial charge in [-0.3, -0.25) is 4.90 Å². The Bertz CT molecular complexity index is 551. The van der Waals surface area contributed by atoms with E-state index in [9.17, 15) is 8.42 Å². The summed E-state index contributed by atoms with van der Waals surface area (Å²) < 4.78 is 26.7. The molecular formula is C14H23N3O2S. The molecule has 0 aromatic heterocycles. The molecule has 1 fully saturated rings. The third-order valence-corrected chi connectivity index (χ3v) is 5.76. The van der Waals surface area contributed by atoms with Crippen molar-refractivity contribution in [1.29, 1.82) is 0 Å². The molecule has 2 rings (SSSR count). The molecule has 1 saturated heterocycles. The highest BCUT2D eigenvalue weighted by molar-refractivity contribution is 7.89. The van der Waals surface area contributed by atoms with Crippen molar-refractivity contribution >= 4 is 10.0 Å². The molecule has 1 aliphatic rings. The Morgan fingerprint density at radius 2 is 1.90 bits per heavy atom. The number of sulfonamides is 1. The van der Waals surface area contributed by atoms with Crippen LogP contribution in [0.5, 0.6) is 0 Å². The number of aryl methyl sites for hydroxylation is 1. The van der Waals surface area contributed by atoms with Crippen LogP contribution in [-0.4, -0.2) is 56.4 Å². The highest BCUT2D eigenvalue weighted by Crippen LogP contribution is 2.19. The van der Waals surface area contributed by atoms with E-state index in [2.05, 4.69) is 11.8 Å². The van der Waals surface area contributed by atoms with Gasteiger partial charge in [-0.15, -0.1) is 0 Å². The van der Waals surface area contributed by atoms with E-state index >= 15 is 0 Å². The van der Waals surface area contributed by atoms with Crippen LogP contribution >= 0.6 is 0 Å². The second-order valence-corrected chi connectivity index (χ2v) is 7.28. The van der Waals surface area contributed by atoms with Crippen LogP contribution in [0.25, 0.3) is 0 Å². The number of hydrogen-bond donors (Lipinski definition) is 1. The SMILES string of the molecule is Cc1cccc(S(=O)(=O)N2CCN(C(C)CN)CC2)c1. The average Bonchev–Trinajstić information content (AvgIpc) is 2.46. The lowest BCUT2D eigenvalue weighted by Crippen LogP contribution is -2.52. The second-order valence-electron chi connectivity index (χ2n) is 5.34. The maximum absolute atomic E-state index is 12.6. The number of rotatable bonds is 4. The summed E-state index contributed by atoms with van der Waals surface area (Å²) in [5.74, 6) is 0. The first-order valence-corrected chi connectivity index (χ1v) is 8.40.